The number of hydrogen-bond donors (Lipinski definition) is 1. The van der Waals surface area contributed by atoms with Crippen molar-refractivity contribution >= 4 is 17.6 Å². The molecule has 0 aliphatic rings. The number of anilines is 1. The van der Waals surface area contributed by atoms with Gasteiger partial charge in [0.25, 0.3) is 0 Å². The molecule has 0 saturated heterocycles. The molecule has 0 spiro atoms. The van der Waals surface area contributed by atoms with Gasteiger partial charge in [-0.2, -0.15) is 8.78 Å². The molecule has 144 valence electrons. The molecule has 2 rings (SSSR count). The van der Waals surface area contributed by atoms with E-state index in [2.05, 4.69) is 14.8 Å². The minimum Gasteiger partial charge on any atom is -0.468 e. The SMILES string of the molecule is COC(=O)CN(CC(=O)Nc1ccc(OC(F)F)cc1)Cc1ccccc1. The van der Waals surface area contributed by atoms with E-state index >= 15 is 0 Å². The Bertz CT molecular complexity index is 739. The Hall–Kier alpha value is -3.00. The summed E-state index contributed by atoms with van der Waals surface area (Å²) in [6.45, 7) is -2.60. The van der Waals surface area contributed by atoms with Crippen molar-refractivity contribution in [3.63, 3.8) is 0 Å². The summed E-state index contributed by atoms with van der Waals surface area (Å²) in [6.07, 6.45) is 0. The third-order valence-corrected chi connectivity index (χ3v) is 3.56. The lowest BCUT2D eigenvalue weighted by molar-refractivity contribution is -0.142. The molecular weight excluding hydrogens is 358 g/mol. The average Bonchev–Trinajstić information content (AvgIpc) is 2.63. The topological polar surface area (TPSA) is 67.9 Å². The van der Waals surface area contributed by atoms with Crippen molar-refractivity contribution in [1.82, 2.24) is 4.90 Å². The quantitative estimate of drug-likeness (QED) is 0.680. The predicted molar refractivity (Wildman–Crippen MR) is 95.4 cm³/mol. The molecule has 2 aromatic carbocycles. The second-order valence-corrected chi connectivity index (χ2v) is 5.66. The summed E-state index contributed by atoms with van der Waals surface area (Å²) in [4.78, 5) is 25.5. The molecule has 1 N–H and O–H groups in total. The monoisotopic (exact) mass is 378 g/mol. The van der Waals surface area contributed by atoms with Crippen molar-refractivity contribution in [2.75, 3.05) is 25.5 Å². The van der Waals surface area contributed by atoms with Crippen molar-refractivity contribution in [1.29, 1.82) is 0 Å². The van der Waals surface area contributed by atoms with Gasteiger partial charge < -0.3 is 14.8 Å². The van der Waals surface area contributed by atoms with Crippen molar-refractivity contribution in [3.8, 4) is 5.75 Å². The van der Waals surface area contributed by atoms with E-state index in [9.17, 15) is 18.4 Å². The van der Waals surface area contributed by atoms with Crippen LogP contribution in [-0.4, -0.2) is 43.6 Å². The molecule has 2 aromatic rings. The summed E-state index contributed by atoms with van der Waals surface area (Å²) >= 11 is 0. The molecule has 0 heterocycles. The van der Waals surface area contributed by atoms with Crippen LogP contribution < -0.4 is 10.1 Å². The van der Waals surface area contributed by atoms with Gasteiger partial charge in [-0.1, -0.05) is 30.3 Å². The molecule has 1 amide bonds. The van der Waals surface area contributed by atoms with E-state index < -0.39 is 12.6 Å². The van der Waals surface area contributed by atoms with E-state index in [1.54, 1.807) is 4.90 Å². The summed E-state index contributed by atoms with van der Waals surface area (Å²) in [6, 6.07) is 15.0. The predicted octanol–water partition coefficient (Wildman–Crippen LogP) is 2.90. The Labute approximate surface area is 155 Å². The van der Waals surface area contributed by atoms with Crippen LogP contribution in [0.2, 0.25) is 0 Å². The summed E-state index contributed by atoms with van der Waals surface area (Å²) in [5, 5.41) is 2.65. The summed E-state index contributed by atoms with van der Waals surface area (Å²) in [5.41, 5.74) is 1.38. The maximum atomic E-state index is 12.3. The van der Waals surface area contributed by atoms with Crippen molar-refractivity contribution < 1.29 is 27.8 Å². The smallest absolute Gasteiger partial charge is 0.387 e. The highest BCUT2D eigenvalue weighted by Gasteiger charge is 2.16. The number of methoxy groups -OCH3 is 1. The fourth-order valence-electron chi connectivity index (χ4n) is 2.38. The molecule has 0 fully saturated rings. The fourth-order valence-corrected chi connectivity index (χ4v) is 2.38. The van der Waals surface area contributed by atoms with Crippen molar-refractivity contribution in [2.24, 2.45) is 0 Å². The van der Waals surface area contributed by atoms with Gasteiger partial charge in [0.1, 0.15) is 5.75 Å². The molecule has 0 saturated carbocycles. The summed E-state index contributed by atoms with van der Waals surface area (Å²) < 4.78 is 33.2. The summed E-state index contributed by atoms with van der Waals surface area (Å²) in [7, 11) is 1.28. The van der Waals surface area contributed by atoms with Crippen LogP contribution in [-0.2, 0) is 20.9 Å². The zero-order valence-electron chi connectivity index (χ0n) is 14.7. The van der Waals surface area contributed by atoms with Gasteiger partial charge in [0.2, 0.25) is 5.91 Å². The van der Waals surface area contributed by atoms with E-state index in [-0.39, 0.29) is 24.7 Å². The third-order valence-electron chi connectivity index (χ3n) is 3.56. The zero-order valence-corrected chi connectivity index (χ0v) is 14.7. The number of nitrogens with one attached hydrogen (secondary N) is 1. The maximum Gasteiger partial charge on any atom is 0.387 e. The minimum atomic E-state index is -2.91. The number of benzene rings is 2. The molecule has 0 aliphatic carbocycles. The van der Waals surface area contributed by atoms with E-state index in [4.69, 9.17) is 0 Å². The highest BCUT2D eigenvalue weighted by Crippen LogP contribution is 2.17. The molecule has 0 radical (unpaired) electrons. The van der Waals surface area contributed by atoms with Crippen molar-refractivity contribution in [3.05, 3.63) is 60.2 Å². The highest BCUT2D eigenvalue weighted by atomic mass is 19.3. The van der Waals surface area contributed by atoms with E-state index in [1.807, 2.05) is 30.3 Å². The van der Waals surface area contributed by atoms with E-state index in [0.717, 1.165) is 5.56 Å². The Morgan fingerprint density at radius 3 is 2.30 bits per heavy atom. The molecule has 8 heteroatoms. The fraction of sp³-hybridized carbons (Fsp3) is 0.263. The van der Waals surface area contributed by atoms with Gasteiger partial charge in [-0.15, -0.1) is 0 Å². The molecule has 0 unspecified atom stereocenters. The number of hydrogen-bond acceptors (Lipinski definition) is 5. The first-order valence-electron chi connectivity index (χ1n) is 8.14. The maximum absolute atomic E-state index is 12.3. The number of rotatable bonds is 9. The molecular formula is C19H20F2N2O4. The number of halogens is 2. The highest BCUT2D eigenvalue weighted by molar-refractivity contribution is 5.92. The van der Waals surface area contributed by atoms with Gasteiger partial charge in [-0.3, -0.25) is 14.5 Å². The van der Waals surface area contributed by atoms with Gasteiger partial charge in [-0.05, 0) is 29.8 Å². The first-order chi connectivity index (χ1) is 13.0. The van der Waals surface area contributed by atoms with Gasteiger partial charge in [-0.25, -0.2) is 0 Å². The van der Waals surface area contributed by atoms with Crippen LogP contribution in [0.25, 0.3) is 0 Å². The zero-order chi connectivity index (χ0) is 19.6. The number of esters is 1. The van der Waals surface area contributed by atoms with Crippen LogP contribution in [0.3, 0.4) is 0 Å². The number of carbonyl (C=O) groups is 2. The molecule has 6 nitrogen and oxygen atoms in total. The second-order valence-electron chi connectivity index (χ2n) is 5.66. The van der Waals surface area contributed by atoms with E-state index in [1.165, 1.54) is 31.4 Å². The normalized spacial score (nSPS) is 10.7. The Morgan fingerprint density at radius 2 is 1.70 bits per heavy atom. The van der Waals surface area contributed by atoms with Crippen LogP contribution >= 0.6 is 0 Å². The molecule has 0 atom stereocenters. The van der Waals surface area contributed by atoms with Crippen molar-refractivity contribution in [2.45, 2.75) is 13.2 Å². The van der Waals surface area contributed by atoms with Crippen LogP contribution in [0.5, 0.6) is 5.75 Å². The standard InChI is InChI=1S/C19H20F2N2O4/c1-26-18(25)13-23(11-14-5-3-2-4-6-14)12-17(24)22-15-7-9-16(10-8-15)27-19(20)21/h2-10,19H,11-13H2,1H3,(H,22,24). The Morgan fingerprint density at radius 1 is 1.04 bits per heavy atom. The number of amides is 1. The number of carbonyl (C=O) groups excluding carboxylic acids is 2. The largest absolute Gasteiger partial charge is 0.468 e. The Balaban J connectivity index is 1.96. The van der Waals surface area contributed by atoms with Crippen LogP contribution in [0.15, 0.2) is 54.6 Å². The van der Waals surface area contributed by atoms with Gasteiger partial charge in [0.05, 0.1) is 20.2 Å². The third kappa shape index (κ3) is 7.41. The van der Waals surface area contributed by atoms with Crippen LogP contribution in [0.4, 0.5) is 14.5 Å². The van der Waals surface area contributed by atoms with Gasteiger partial charge in [0, 0.05) is 12.2 Å². The lowest BCUT2D eigenvalue weighted by atomic mass is 10.2. The molecule has 0 aliphatic heterocycles. The second kappa shape index (κ2) is 10.2. The number of ether oxygens (including phenoxy) is 2. The van der Waals surface area contributed by atoms with Crippen LogP contribution in [0.1, 0.15) is 5.56 Å². The molecule has 27 heavy (non-hydrogen) atoms. The van der Waals surface area contributed by atoms with Gasteiger partial charge in [0.15, 0.2) is 0 Å². The Kier molecular flexibility index (Phi) is 7.69. The van der Waals surface area contributed by atoms with Crippen LogP contribution in [0, 0.1) is 0 Å². The van der Waals surface area contributed by atoms with Gasteiger partial charge >= 0.3 is 12.6 Å². The first kappa shape index (κ1) is 20.3. The number of alkyl halides is 2. The average molecular weight is 378 g/mol. The van der Waals surface area contributed by atoms with E-state index in [0.29, 0.717) is 12.2 Å². The molecule has 0 aromatic heterocycles. The molecule has 0 bridgehead atoms. The summed E-state index contributed by atoms with van der Waals surface area (Å²) in [5.74, 6) is -0.802. The first-order valence-corrected chi connectivity index (χ1v) is 8.14. The lowest BCUT2D eigenvalue weighted by Crippen LogP contribution is -2.36. The minimum absolute atomic E-state index is 0.000561. The number of nitrogens with zero attached hydrogens (tertiary/aromatic N) is 1. The lowest BCUT2D eigenvalue weighted by Gasteiger charge is -2.20.